The third kappa shape index (κ3) is 3.03. The molecule has 188 valence electrons. The lowest BCUT2D eigenvalue weighted by molar-refractivity contribution is -0.163. The molecule has 3 heteroatoms. The summed E-state index contributed by atoms with van der Waals surface area (Å²) in [6.07, 6.45) is 13.4. The first-order chi connectivity index (χ1) is 15.4. The third-order valence-corrected chi connectivity index (χ3v) is 13.0. The lowest BCUT2D eigenvalue weighted by atomic mass is 9.41. The molecule has 3 N–H and O–H groups in total. The van der Waals surface area contributed by atoms with Gasteiger partial charge in [-0.15, -0.1) is 0 Å². The molecule has 0 aliphatic heterocycles. The van der Waals surface area contributed by atoms with Gasteiger partial charge < -0.3 is 15.3 Å². The molecule has 3 nitrogen and oxygen atoms in total. The molecule has 5 aliphatic carbocycles. The summed E-state index contributed by atoms with van der Waals surface area (Å²) in [7, 11) is 0. The van der Waals surface area contributed by atoms with Crippen LogP contribution < -0.4 is 0 Å². The van der Waals surface area contributed by atoms with Gasteiger partial charge in [0.15, 0.2) is 0 Å². The quantitative estimate of drug-likeness (QED) is 0.435. The average Bonchev–Trinajstić information content (AvgIpc) is 3.32. The Balaban J connectivity index is 1.42. The Labute approximate surface area is 202 Å². The maximum Gasteiger partial charge on any atom is 0.0726 e. The molecule has 5 aliphatic rings. The van der Waals surface area contributed by atoms with Crippen molar-refractivity contribution in [1.29, 1.82) is 0 Å². The molecule has 5 saturated carbocycles. The summed E-state index contributed by atoms with van der Waals surface area (Å²) in [4.78, 5) is 0. The largest absolute Gasteiger partial charge is 0.396 e. The number of hydrogen-bond donors (Lipinski definition) is 3. The molecule has 0 bridgehead atoms. The highest BCUT2D eigenvalue weighted by atomic mass is 16.3. The Morgan fingerprint density at radius 2 is 1.55 bits per heavy atom. The van der Waals surface area contributed by atoms with Gasteiger partial charge in [-0.1, -0.05) is 39.3 Å². The van der Waals surface area contributed by atoms with Gasteiger partial charge in [-0.05, 0) is 129 Å². The van der Waals surface area contributed by atoms with Crippen molar-refractivity contribution in [2.45, 2.75) is 118 Å². The molecule has 5 fully saturated rings. The number of aliphatic hydroxyl groups is 3. The maximum absolute atomic E-state index is 10.8. The van der Waals surface area contributed by atoms with Crippen LogP contribution in [-0.4, -0.2) is 34.1 Å². The second kappa shape index (κ2) is 7.56. The summed E-state index contributed by atoms with van der Waals surface area (Å²) in [5.74, 6) is 2.16. The van der Waals surface area contributed by atoms with Crippen LogP contribution in [0.15, 0.2) is 11.6 Å². The van der Waals surface area contributed by atoms with E-state index in [9.17, 15) is 15.3 Å². The molecule has 0 aromatic heterocycles. The zero-order chi connectivity index (χ0) is 24.0. The van der Waals surface area contributed by atoms with E-state index in [0.29, 0.717) is 34.5 Å². The molecule has 0 aromatic rings. The van der Waals surface area contributed by atoms with Crippen LogP contribution in [0.5, 0.6) is 0 Å². The Morgan fingerprint density at radius 3 is 2.21 bits per heavy atom. The van der Waals surface area contributed by atoms with Crippen LogP contribution in [0.3, 0.4) is 0 Å². The van der Waals surface area contributed by atoms with E-state index < -0.39 is 6.10 Å². The second-order valence-corrected chi connectivity index (χ2v) is 14.5. The van der Waals surface area contributed by atoms with Crippen molar-refractivity contribution in [2.75, 3.05) is 6.61 Å². The number of allylic oxidation sites excluding steroid dienone is 1. The van der Waals surface area contributed by atoms with E-state index in [-0.39, 0.29) is 29.5 Å². The highest BCUT2D eigenvalue weighted by molar-refractivity contribution is 5.30. The monoisotopic (exact) mass is 458 g/mol. The first kappa shape index (κ1) is 24.3. The minimum Gasteiger partial charge on any atom is -0.396 e. The van der Waals surface area contributed by atoms with Gasteiger partial charge in [0.1, 0.15) is 0 Å². The molecule has 10 unspecified atom stereocenters. The fraction of sp³-hybridized carbons (Fsp3) is 0.933. The summed E-state index contributed by atoms with van der Waals surface area (Å²) in [6, 6.07) is 0. The average molecular weight is 459 g/mol. The van der Waals surface area contributed by atoms with Gasteiger partial charge in [0.2, 0.25) is 0 Å². The van der Waals surface area contributed by atoms with E-state index in [1.54, 1.807) is 0 Å². The van der Waals surface area contributed by atoms with Crippen LogP contribution >= 0.6 is 0 Å². The van der Waals surface area contributed by atoms with Gasteiger partial charge in [-0.25, -0.2) is 0 Å². The van der Waals surface area contributed by atoms with E-state index in [1.807, 2.05) is 19.9 Å². The van der Waals surface area contributed by atoms with E-state index >= 15 is 0 Å². The Hall–Kier alpha value is -0.380. The van der Waals surface area contributed by atoms with Crippen LogP contribution in [0, 0.1) is 50.7 Å². The van der Waals surface area contributed by atoms with Crippen LogP contribution in [0.4, 0.5) is 0 Å². The van der Waals surface area contributed by atoms with Crippen LogP contribution in [0.25, 0.3) is 0 Å². The summed E-state index contributed by atoms with van der Waals surface area (Å²) >= 11 is 0. The number of fused-ring (bicyclic) bond motifs is 2. The zero-order valence-corrected chi connectivity index (χ0v) is 22.2. The van der Waals surface area contributed by atoms with E-state index in [2.05, 4.69) is 27.7 Å². The Bertz CT molecular complexity index is 813. The van der Waals surface area contributed by atoms with Gasteiger partial charge in [-0.3, -0.25) is 0 Å². The summed E-state index contributed by atoms with van der Waals surface area (Å²) < 4.78 is 0. The topological polar surface area (TPSA) is 60.7 Å². The standard InChI is InChI=1S/C30H50O3/c1-19(2)15-21(32)16-20(17-31)22-9-11-28(6)24-8-7-23-26(3,4)25(33)10-12-29(23)18-30(24,29)14-13-27(22,28)5/h15,20-25,31-33H,7-14,16-18H2,1-6H3. The number of aliphatic hydroxyl groups excluding tert-OH is 3. The molecule has 0 aromatic carbocycles. The van der Waals surface area contributed by atoms with E-state index in [1.165, 1.54) is 51.4 Å². The Morgan fingerprint density at radius 1 is 0.879 bits per heavy atom. The predicted molar refractivity (Wildman–Crippen MR) is 134 cm³/mol. The lowest BCUT2D eigenvalue weighted by Crippen LogP contribution is -2.57. The highest BCUT2D eigenvalue weighted by Gasteiger charge is 2.82. The summed E-state index contributed by atoms with van der Waals surface area (Å²) in [6.45, 7) is 14.1. The van der Waals surface area contributed by atoms with Gasteiger partial charge in [0, 0.05) is 6.61 Å². The number of hydrogen-bond acceptors (Lipinski definition) is 3. The van der Waals surface area contributed by atoms with Crippen LogP contribution in [0.1, 0.15) is 106 Å². The molecule has 0 saturated heterocycles. The van der Waals surface area contributed by atoms with Crippen molar-refractivity contribution >= 4 is 0 Å². The molecule has 0 amide bonds. The molecule has 33 heavy (non-hydrogen) atoms. The van der Waals surface area contributed by atoms with E-state index in [4.69, 9.17) is 0 Å². The molecular weight excluding hydrogens is 408 g/mol. The normalized spacial score (nSPS) is 51.4. The molecule has 0 heterocycles. The molecular formula is C30H50O3. The van der Waals surface area contributed by atoms with Crippen molar-refractivity contribution in [3.05, 3.63) is 11.6 Å². The molecule has 10 atom stereocenters. The third-order valence-electron chi connectivity index (χ3n) is 13.0. The minimum atomic E-state index is -0.449. The first-order valence-corrected chi connectivity index (χ1v) is 14.0. The highest BCUT2D eigenvalue weighted by Crippen LogP contribution is 2.89. The van der Waals surface area contributed by atoms with Gasteiger partial charge in [0.05, 0.1) is 12.2 Å². The first-order valence-electron chi connectivity index (χ1n) is 14.0. The summed E-state index contributed by atoms with van der Waals surface area (Å²) in [5.41, 5.74) is 2.78. The zero-order valence-electron chi connectivity index (χ0n) is 22.2. The van der Waals surface area contributed by atoms with Gasteiger partial charge in [-0.2, -0.15) is 0 Å². The molecule has 2 spiro atoms. The smallest absolute Gasteiger partial charge is 0.0726 e. The SMILES string of the molecule is CC(C)=CC(O)CC(CO)C1CCC2(C)C3CCC4C(C)(C)C(O)CCC45CC35CCC12C. The summed E-state index contributed by atoms with van der Waals surface area (Å²) in [5, 5.41) is 31.9. The fourth-order valence-electron chi connectivity index (χ4n) is 11.3. The van der Waals surface area contributed by atoms with Crippen molar-refractivity contribution in [2.24, 2.45) is 50.7 Å². The van der Waals surface area contributed by atoms with Gasteiger partial charge >= 0.3 is 0 Å². The second-order valence-electron chi connectivity index (χ2n) is 14.5. The molecule has 0 radical (unpaired) electrons. The van der Waals surface area contributed by atoms with E-state index in [0.717, 1.165) is 17.9 Å². The van der Waals surface area contributed by atoms with Crippen molar-refractivity contribution < 1.29 is 15.3 Å². The van der Waals surface area contributed by atoms with Crippen molar-refractivity contribution in [3.63, 3.8) is 0 Å². The van der Waals surface area contributed by atoms with Crippen molar-refractivity contribution in [1.82, 2.24) is 0 Å². The van der Waals surface area contributed by atoms with Crippen LogP contribution in [-0.2, 0) is 0 Å². The van der Waals surface area contributed by atoms with Crippen molar-refractivity contribution in [3.8, 4) is 0 Å². The number of rotatable bonds is 5. The maximum atomic E-state index is 10.8. The Kier molecular flexibility index (Phi) is 5.57. The fourth-order valence-corrected chi connectivity index (χ4v) is 11.3. The lowest BCUT2D eigenvalue weighted by Gasteiger charge is -2.63. The van der Waals surface area contributed by atoms with Gasteiger partial charge in [0.25, 0.3) is 0 Å². The minimum absolute atomic E-state index is 0.0512. The van der Waals surface area contributed by atoms with Crippen LogP contribution in [0.2, 0.25) is 0 Å². The predicted octanol–water partition coefficient (Wildman–Crippen LogP) is 6.11. The molecule has 5 rings (SSSR count).